The Morgan fingerprint density at radius 2 is 1.82 bits per heavy atom. The minimum absolute atomic E-state index is 0.0707. The van der Waals surface area contributed by atoms with E-state index in [1.54, 1.807) is 4.90 Å². The van der Waals surface area contributed by atoms with Crippen molar-refractivity contribution in [3.63, 3.8) is 0 Å². The molecule has 15 heteroatoms. The number of imidazole rings is 2. The van der Waals surface area contributed by atoms with E-state index in [-0.39, 0.29) is 31.6 Å². The molecule has 45 heavy (non-hydrogen) atoms. The highest BCUT2D eigenvalue weighted by Crippen LogP contribution is 2.40. The van der Waals surface area contributed by atoms with Crippen LogP contribution in [-0.2, 0) is 16.6 Å². The van der Waals surface area contributed by atoms with Crippen molar-refractivity contribution in [2.75, 3.05) is 32.1 Å². The minimum Gasteiger partial charge on any atom is -0.395 e. The SMILES string of the molecule is CC(CO)(CO)c1ccc2nc(CCC3CC(N(C[C@H]4O[C@@H](n5cnc6c(N)ncnc65)[C@H](O)[C@@H]4O)C(C)(O)CO)C3)[nH]c2c1. The van der Waals surface area contributed by atoms with Crippen molar-refractivity contribution >= 4 is 28.0 Å². The molecule has 244 valence electrons. The summed E-state index contributed by atoms with van der Waals surface area (Å²) >= 11 is 0. The predicted molar refractivity (Wildman–Crippen MR) is 163 cm³/mol. The summed E-state index contributed by atoms with van der Waals surface area (Å²) < 4.78 is 7.62. The highest BCUT2D eigenvalue weighted by Gasteiger charge is 2.49. The molecular weight excluding hydrogens is 584 g/mol. The summed E-state index contributed by atoms with van der Waals surface area (Å²) in [5.41, 5.74) is 6.81. The second-order valence-corrected chi connectivity index (χ2v) is 13.0. The fourth-order valence-electron chi connectivity index (χ4n) is 6.51. The molecule has 1 saturated heterocycles. The van der Waals surface area contributed by atoms with Crippen LogP contribution >= 0.6 is 0 Å². The van der Waals surface area contributed by atoms with Gasteiger partial charge in [0.25, 0.3) is 0 Å². The lowest BCUT2D eigenvalue weighted by atomic mass is 9.75. The van der Waals surface area contributed by atoms with Crippen LogP contribution in [0.5, 0.6) is 0 Å². The van der Waals surface area contributed by atoms with Gasteiger partial charge in [0.15, 0.2) is 17.7 Å². The van der Waals surface area contributed by atoms with Gasteiger partial charge in [-0.1, -0.05) is 13.0 Å². The summed E-state index contributed by atoms with van der Waals surface area (Å²) in [6, 6.07) is 5.62. The maximum atomic E-state index is 11.1. The highest BCUT2D eigenvalue weighted by molar-refractivity contribution is 5.81. The standard InChI is InChI=1S/C30H42N8O7/c1-29(11-39,12-40)17-4-5-19-20(9-17)36-22(35-19)6-3-16-7-18(8-16)38(30(2,44)13-41)10-21-24(42)25(43)28(45-21)37-15-34-23-26(31)32-14-33-27(23)37/h4-5,9,14-16,18,21,24-25,28,39-44H,3,6-8,10-13H2,1-2H3,(H,35,36)(H2,31,32,33)/t16?,18?,21-,24-,25-,28-,30?/m1/s1. The zero-order valence-corrected chi connectivity index (χ0v) is 25.4. The molecule has 0 amide bonds. The molecule has 1 unspecified atom stereocenters. The lowest BCUT2D eigenvalue weighted by Crippen LogP contribution is -2.60. The molecule has 3 aromatic heterocycles. The summed E-state index contributed by atoms with van der Waals surface area (Å²) in [7, 11) is 0. The second-order valence-electron chi connectivity index (χ2n) is 13.0. The molecule has 1 aromatic carbocycles. The lowest BCUT2D eigenvalue weighted by Gasteiger charge is -2.49. The molecule has 4 aromatic rings. The zero-order valence-electron chi connectivity index (χ0n) is 25.4. The van der Waals surface area contributed by atoms with Gasteiger partial charge in [0, 0.05) is 24.4 Å². The second kappa shape index (κ2) is 12.1. The van der Waals surface area contributed by atoms with Crippen LogP contribution in [0.15, 0.2) is 30.9 Å². The maximum absolute atomic E-state index is 11.1. The Balaban J connectivity index is 1.09. The Bertz CT molecular complexity index is 1630. The minimum atomic E-state index is -1.57. The van der Waals surface area contributed by atoms with Crippen molar-refractivity contribution < 1.29 is 35.4 Å². The van der Waals surface area contributed by atoms with Gasteiger partial charge in [-0.25, -0.2) is 19.9 Å². The Morgan fingerprint density at radius 1 is 1.07 bits per heavy atom. The average Bonchev–Trinajstić information content (AvgIpc) is 3.71. The lowest BCUT2D eigenvalue weighted by molar-refractivity contribution is -0.179. The number of nitrogens with zero attached hydrogens (tertiary/aromatic N) is 6. The van der Waals surface area contributed by atoms with Crippen LogP contribution < -0.4 is 5.73 Å². The summed E-state index contributed by atoms with van der Waals surface area (Å²) in [4.78, 5) is 22.2. The number of ether oxygens (including phenoxy) is 1. The number of fused-ring (bicyclic) bond motifs is 2. The molecular formula is C30H42N8O7. The van der Waals surface area contributed by atoms with Gasteiger partial charge in [-0.05, 0) is 49.8 Å². The van der Waals surface area contributed by atoms with E-state index in [1.165, 1.54) is 24.1 Å². The van der Waals surface area contributed by atoms with Gasteiger partial charge < -0.3 is 46.1 Å². The van der Waals surface area contributed by atoms with E-state index < -0.39 is 42.3 Å². The van der Waals surface area contributed by atoms with Gasteiger partial charge in [-0.2, -0.15) is 0 Å². The van der Waals surface area contributed by atoms with Crippen LogP contribution in [0.2, 0.25) is 0 Å². The van der Waals surface area contributed by atoms with E-state index in [9.17, 15) is 30.6 Å². The van der Waals surface area contributed by atoms with E-state index >= 15 is 0 Å². The van der Waals surface area contributed by atoms with Crippen molar-refractivity contribution in [2.24, 2.45) is 5.92 Å². The number of aromatic nitrogens is 6. The molecule has 15 nitrogen and oxygen atoms in total. The van der Waals surface area contributed by atoms with Gasteiger partial charge >= 0.3 is 0 Å². The van der Waals surface area contributed by atoms with Crippen LogP contribution in [0.1, 0.15) is 50.7 Å². The first kappa shape index (κ1) is 31.7. The van der Waals surface area contributed by atoms with Gasteiger partial charge in [-0.15, -0.1) is 0 Å². The fraction of sp³-hybridized carbons (Fsp3) is 0.600. The van der Waals surface area contributed by atoms with E-state index in [4.69, 9.17) is 15.5 Å². The predicted octanol–water partition coefficient (Wildman–Crippen LogP) is -0.439. The van der Waals surface area contributed by atoms with Crippen molar-refractivity contribution in [3.8, 4) is 0 Å². The van der Waals surface area contributed by atoms with Gasteiger partial charge in [0.05, 0.1) is 37.2 Å². The molecule has 9 N–H and O–H groups in total. The first-order chi connectivity index (χ1) is 21.5. The van der Waals surface area contributed by atoms with Crippen LogP contribution in [0.3, 0.4) is 0 Å². The molecule has 2 fully saturated rings. The molecule has 5 atom stereocenters. The largest absolute Gasteiger partial charge is 0.395 e. The van der Waals surface area contributed by atoms with Crippen LogP contribution in [0.25, 0.3) is 22.2 Å². The monoisotopic (exact) mass is 626 g/mol. The number of nitrogen functional groups attached to an aromatic ring is 1. The average molecular weight is 627 g/mol. The first-order valence-corrected chi connectivity index (χ1v) is 15.2. The number of hydrogen-bond donors (Lipinski definition) is 8. The number of aromatic amines is 1. The highest BCUT2D eigenvalue weighted by atomic mass is 16.6. The number of nitrogens with one attached hydrogen (secondary N) is 1. The molecule has 4 heterocycles. The number of rotatable bonds is 12. The summed E-state index contributed by atoms with van der Waals surface area (Å²) in [5, 5.41) is 62.5. The zero-order chi connectivity index (χ0) is 32.1. The molecule has 0 bridgehead atoms. The van der Waals surface area contributed by atoms with E-state index in [2.05, 4.69) is 19.9 Å². The van der Waals surface area contributed by atoms with E-state index in [0.717, 1.165) is 48.1 Å². The Labute approximate surface area is 259 Å². The number of benzene rings is 1. The summed E-state index contributed by atoms with van der Waals surface area (Å²) in [5.74, 6) is 1.39. The molecule has 1 aliphatic carbocycles. The molecule has 6 rings (SSSR count). The summed E-state index contributed by atoms with van der Waals surface area (Å²) in [6.07, 6.45) is 1.43. The van der Waals surface area contributed by atoms with Crippen molar-refractivity contribution in [3.05, 3.63) is 42.2 Å². The fourth-order valence-corrected chi connectivity index (χ4v) is 6.51. The van der Waals surface area contributed by atoms with Crippen molar-refractivity contribution in [1.82, 2.24) is 34.4 Å². The van der Waals surface area contributed by atoms with Crippen LogP contribution in [-0.4, -0.2) is 121 Å². The third-order valence-electron chi connectivity index (χ3n) is 9.66. The molecule has 1 saturated carbocycles. The quantitative estimate of drug-likeness (QED) is 0.0933. The number of H-pyrrole nitrogens is 1. The number of anilines is 1. The molecule has 1 aliphatic heterocycles. The smallest absolute Gasteiger partial charge is 0.167 e. The number of hydrogen-bond acceptors (Lipinski definition) is 13. The van der Waals surface area contributed by atoms with Crippen LogP contribution in [0.4, 0.5) is 5.82 Å². The molecule has 2 aliphatic rings. The van der Waals surface area contributed by atoms with Gasteiger partial charge in [0.2, 0.25) is 0 Å². The molecule has 0 spiro atoms. The van der Waals surface area contributed by atoms with Crippen LogP contribution in [0, 0.1) is 5.92 Å². The van der Waals surface area contributed by atoms with E-state index in [0.29, 0.717) is 17.1 Å². The normalized spacial score (nSPS) is 27.0. The third-order valence-corrected chi connectivity index (χ3v) is 9.66. The third kappa shape index (κ3) is 5.79. The van der Waals surface area contributed by atoms with Crippen molar-refractivity contribution in [1.29, 1.82) is 0 Å². The molecule has 0 radical (unpaired) electrons. The van der Waals surface area contributed by atoms with Gasteiger partial charge in [-0.3, -0.25) is 9.47 Å². The first-order valence-electron chi connectivity index (χ1n) is 15.2. The number of aliphatic hydroxyl groups is 6. The number of nitrogens with two attached hydrogens (primary N) is 1. The van der Waals surface area contributed by atoms with Crippen molar-refractivity contribution in [2.45, 2.75) is 81.3 Å². The van der Waals surface area contributed by atoms with Gasteiger partial charge in [0.1, 0.15) is 41.7 Å². The topological polar surface area (TPSA) is 232 Å². The summed E-state index contributed by atoms with van der Waals surface area (Å²) in [6.45, 7) is 2.56. The maximum Gasteiger partial charge on any atom is 0.167 e. The number of aryl methyl sites for hydroxylation is 1. The number of aliphatic hydroxyl groups excluding tert-OH is 5. The Kier molecular flexibility index (Phi) is 8.56. The Hall–Kier alpha value is -3.28. The van der Waals surface area contributed by atoms with E-state index in [1.807, 2.05) is 25.1 Å². The Morgan fingerprint density at radius 3 is 2.53 bits per heavy atom.